The maximum Gasteiger partial charge on any atom is 0.247 e. The van der Waals surface area contributed by atoms with Gasteiger partial charge in [-0.1, -0.05) is 18.2 Å². The lowest BCUT2D eigenvalue weighted by Crippen LogP contribution is -2.18. The second-order valence-corrected chi connectivity index (χ2v) is 2.39. The van der Waals surface area contributed by atoms with Crippen LogP contribution in [0.3, 0.4) is 0 Å². The molecule has 1 heterocycles. The van der Waals surface area contributed by atoms with Crippen LogP contribution in [0, 0.1) is 0 Å². The summed E-state index contributed by atoms with van der Waals surface area (Å²) in [7, 11) is 0. The fourth-order valence-corrected chi connectivity index (χ4v) is 0.880. The number of aromatic nitrogens is 2. The molecule has 1 amide bonds. The van der Waals surface area contributed by atoms with Gasteiger partial charge in [0.1, 0.15) is 0 Å². The molecule has 0 radical (unpaired) electrons. The Balaban J connectivity index is 0.000000245. The van der Waals surface area contributed by atoms with E-state index in [-0.39, 0.29) is 0 Å². The number of rotatable bonds is 2. The van der Waals surface area contributed by atoms with E-state index in [0.717, 1.165) is 5.56 Å². The van der Waals surface area contributed by atoms with Crippen LogP contribution in [0.4, 0.5) is 0 Å². The van der Waals surface area contributed by atoms with Gasteiger partial charge in [-0.2, -0.15) is 0 Å². The van der Waals surface area contributed by atoms with Crippen LogP contribution < -0.4 is 11.3 Å². The number of nitrogens with two attached hydrogens (primary N) is 1. The van der Waals surface area contributed by atoms with Crippen LogP contribution in [-0.2, 0) is 4.79 Å². The highest BCUT2D eigenvalue weighted by atomic mass is 16.4. The molecular formula is C9H10N4O2. The summed E-state index contributed by atoms with van der Waals surface area (Å²) >= 11 is 0. The lowest BCUT2D eigenvalue weighted by atomic mass is 10.2. The third-order valence-corrected chi connectivity index (χ3v) is 1.45. The van der Waals surface area contributed by atoms with E-state index in [9.17, 15) is 0 Å². The van der Waals surface area contributed by atoms with Gasteiger partial charge in [0.05, 0.1) is 0 Å². The number of amides is 1. The van der Waals surface area contributed by atoms with Crippen molar-refractivity contribution < 1.29 is 9.21 Å². The van der Waals surface area contributed by atoms with Gasteiger partial charge in [0.15, 0.2) is 0 Å². The maximum absolute atomic E-state index is 8.94. The highest BCUT2D eigenvalue weighted by Crippen LogP contribution is 2.13. The minimum absolute atomic E-state index is 0.403. The van der Waals surface area contributed by atoms with Crippen molar-refractivity contribution in [2.75, 3.05) is 0 Å². The Labute approximate surface area is 86.1 Å². The second kappa shape index (κ2) is 6.28. The van der Waals surface area contributed by atoms with Crippen molar-refractivity contribution in [3.63, 3.8) is 0 Å². The normalized spacial score (nSPS) is 8.60. The van der Waals surface area contributed by atoms with Crippen molar-refractivity contribution in [3.8, 4) is 11.5 Å². The standard InChI is InChI=1S/C8H6N2O.CH4N2O/c1-2-4-7(5-3-1)8-10-9-6-11-8;2-3-1-4/h1-6H;1H,2H2,(H,3,4). The highest BCUT2D eigenvalue weighted by Gasteiger charge is 1.99. The zero-order chi connectivity index (χ0) is 10.9. The first-order chi connectivity index (χ1) is 7.38. The van der Waals surface area contributed by atoms with Crippen LogP contribution in [-0.4, -0.2) is 16.6 Å². The lowest BCUT2D eigenvalue weighted by Gasteiger charge is -1.89. The monoisotopic (exact) mass is 206 g/mol. The van der Waals surface area contributed by atoms with E-state index in [1.54, 1.807) is 5.43 Å². The summed E-state index contributed by atoms with van der Waals surface area (Å²) < 4.78 is 5.00. The fourth-order valence-electron chi connectivity index (χ4n) is 0.880. The van der Waals surface area contributed by atoms with Gasteiger partial charge in [0.25, 0.3) is 0 Å². The van der Waals surface area contributed by atoms with Crippen molar-refractivity contribution in [3.05, 3.63) is 36.7 Å². The van der Waals surface area contributed by atoms with Crippen molar-refractivity contribution in [2.45, 2.75) is 0 Å². The van der Waals surface area contributed by atoms with Crippen molar-refractivity contribution in [1.82, 2.24) is 15.6 Å². The predicted octanol–water partition coefficient (Wildman–Crippen LogP) is 0.343. The highest BCUT2D eigenvalue weighted by molar-refractivity contribution is 5.51. The van der Waals surface area contributed by atoms with E-state index >= 15 is 0 Å². The summed E-state index contributed by atoms with van der Waals surface area (Å²) in [6, 6.07) is 9.65. The first kappa shape index (κ1) is 10.9. The molecule has 6 nitrogen and oxygen atoms in total. The van der Waals surface area contributed by atoms with Gasteiger partial charge in [-0.05, 0) is 12.1 Å². The Hall–Kier alpha value is -2.21. The van der Waals surface area contributed by atoms with Crippen molar-refractivity contribution in [1.29, 1.82) is 0 Å². The second-order valence-electron chi connectivity index (χ2n) is 2.39. The zero-order valence-corrected chi connectivity index (χ0v) is 7.83. The van der Waals surface area contributed by atoms with E-state index in [4.69, 9.17) is 9.21 Å². The molecule has 1 aromatic carbocycles. The molecule has 2 aromatic rings. The number of nitrogens with one attached hydrogen (secondary N) is 1. The number of hydrogen-bond donors (Lipinski definition) is 2. The van der Waals surface area contributed by atoms with Gasteiger partial charge >= 0.3 is 0 Å². The molecule has 0 unspecified atom stereocenters. The number of benzene rings is 1. The first-order valence-corrected chi connectivity index (χ1v) is 4.10. The van der Waals surface area contributed by atoms with Crippen LogP contribution in [0.2, 0.25) is 0 Å². The molecule has 6 heteroatoms. The minimum Gasteiger partial charge on any atom is -0.423 e. The van der Waals surface area contributed by atoms with Crippen LogP contribution >= 0.6 is 0 Å². The summed E-state index contributed by atoms with van der Waals surface area (Å²) in [6.07, 6.45) is 1.72. The molecule has 0 atom stereocenters. The number of hydrogen-bond acceptors (Lipinski definition) is 5. The molecule has 15 heavy (non-hydrogen) atoms. The molecule has 1 aromatic heterocycles. The van der Waals surface area contributed by atoms with Gasteiger partial charge in [0.2, 0.25) is 18.7 Å². The number of carbonyl (C=O) groups excluding carboxylic acids is 1. The van der Waals surface area contributed by atoms with Gasteiger partial charge in [-0.3, -0.25) is 10.2 Å². The van der Waals surface area contributed by atoms with Gasteiger partial charge < -0.3 is 4.42 Å². The molecule has 0 saturated heterocycles. The molecule has 0 aliphatic carbocycles. The average Bonchev–Trinajstić information content (AvgIpc) is 2.84. The van der Waals surface area contributed by atoms with Gasteiger partial charge in [0, 0.05) is 5.56 Å². The Bertz CT molecular complexity index is 374. The summed E-state index contributed by atoms with van der Waals surface area (Å²) in [5.41, 5.74) is 2.70. The zero-order valence-electron chi connectivity index (χ0n) is 7.83. The largest absolute Gasteiger partial charge is 0.423 e. The number of nitrogens with zero attached hydrogens (tertiary/aromatic N) is 2. The van der Waals surface area contributed by atoms with Gasteiger partial charge in [-0.25, -0.2) is 5.84 Å². The topological polar surface area (TPSA) is 94.0 Å². The Morgan fingerprint density at radius 1 is 1.33 bits per heavy atom. The smallest absolute Gasteiger partial charge is 0.247 e. The molecule has 0 aliphatic heterocycles. The Morgan fingerprint density at radius 2 is 2.00 bits per heavy atom. The van der Waals surface area contributed by atoms with Gasteiger partial charge in [-0.15, -0.1) is 10.2 Å². The Kier molecular flexibility index (Phi) is 4.55. The SMILES string of the molecule is NNC=O.c1ccc(-c2nnco2)cc1. The predicted molar refractivity (Wildman–Crippen MR) is 53.1 cm³/mol. The number of carbonyl (C=O) groups is 1. The van der Waals surface area contributed by atoms with Crippen LogP contribution in [0.15, 0.2) is 41.1 Å². The summed E-state index contributed by atoms with van der Waals surface area (Å²) in [5.74, 6) is 4.97. The quantitative estimate of drug-likeness (QED) is 0.320. The van der Waals surface area contributed by atoms with Crippen LogP contribution in [0.1, 0.15) is 0 Å². The van der Waals surface area contributed by atoms with Crippen LogP contribution in [0.25, 0.3) is 11.5 Å². The lowest BCUT2D eigenvalue weighted by molar-refractivity contribution is -0.109. The van der Waals surface area contributed by atoms with Crippen molar-refractivity contribution in [2.24, 2.45) is 5.84 Å². The molecule has 0 spiro atoms. The van der Waals surface area contributed by atoms with E-state index in [1.807, 2.05) is 30.3 Å². The third kappa shape index (κ3) is 3.57. The molecule has 78 valence electrons. The summed E-state index contributed by atoms with van der Waals surface area (Å²) in [4.78, 5) is 8.94. The molecule has 3 N–H and O–H groups in total. The Morgan fingerprint density at radius 3 is 2.47 bits per heavy atom. The van der Waals surface area contributed by atoms with Crippen LogP contribution in [0.5, 0.6) is 0 Å². The average molecular weight is 206 g/mol. The molecule has 0 fully saturated rings. The molecule has 0 saturated carbocycles. The molecular weight excluding hydrogens is 196 g/mol. The van der Waals surface area contributed by atoms with E-state index in [0.29, 0.717) is 12.3 Å². The van der Waals surface area contributed by atoms with E-state index in [2.05, 4.69) is 16.0 Å². The van der Waals surface area contributed by atoms with E-state index in [1.165, 1.54) is 6.39 Å². The van der Waals surface area contributed by atoms with Crippen molar-refractivity contribution >= 4 is 6.41 Å². The first-order valence-electron chi connectivity index (χ1n) is 4.10. The minimum atomic E-state index is 0.403. The van der Waals surface area contributed by atoms with E-state index < -0.39 is 0 Å². The molecule has 0 aliphatic rings. The third-order valence-electron chi connectivity index (χ3n) is 1.45. The molecule has 2 rings (SSSR count). The molecule has 0 bridgehead atoms. The fraction of sp³-hybridized carbons (Fsp3) is 0. The number of hydrazine groups is 1. The summed E-state index contributed by atoms with van der Waals surface area (Å²) in [5, 5.41) is 7.35. The maximum atomic E-state index is 8.94. The summed E-state index contributed by atoms with van der Waals surface area (Å²) in [6.45, 7) is 0.